The Morgan fingerprint density at radius 3 is 2.67 bits per heavy atom. The second kappa shape index (κ2) is 6.09. The fourth-order valence-corrected chi connectivity index (χ4v) is 2.23. The number of fused-ring (bicyclic) bond motifs is 1. The van der Waals surface area contributed by atoms with E-state index in [0.717, 1.165) is 17.0 Å². The van der Waals surface area contributed by atoms with Crippen LogP contribution in [0.1, 0.15) is 5.56 Å². The van der Waals surface area contributed by atoms with Crippen LogP contribution in [0.4, 0.5) is 5.69 Å². The van der Waals surface area contributed by atoms with Crippen molar-refractivity contribution in [2.45, 2.75) is 0 Å². The van der Waals surface area contributed by atoms with E-state index in [0.29, 0.717) is 0 Å². The molecule has 0 radical (unpaired) electrons. The molecular formula is C18H16N2O. The highest BCUT2D eigenvalue weighted by molar-refractivity contribution is 5.99. The number of hydrogen-bond acceptors (Lipinski definition) is 3. The van der Waals surface area contributed by atoms with Crippen LogP contribution in [0.25, 0.3) is 10.8 Å². The van der Waals surface area contributed by atoms with Gasteiger partial charge in [-0.2, -0.15) is 5.10 Å². The maximum absolute atomic E-state index is 5.19. The summed E-state index contributed by atoms with van der Waals surface area (Å²) in [7, 11) is 1.65. The molecule has 1 N–H and O–H groups in total. The van der Waals surface area contributed by atoms with Crippen LogP contribution in [-0.2, 0) is 0 Å². The lowest BCUT2D eigenvalue weighted by Crippen LogP contribution is -1.92. The Kier molecular flexibility index (Phi) is 3.83. The van der Waals surface area contributed by atoms with Crippen LogP contribution in [0.2, 0.25) is 0 Å². The molecule has 21 heavy (non-hydrogen) atoms. The van der Waals surface area contributed by atoms with E-state index in [1.165, 1.54) is 10.8 Å². The van der Waals surface area contributed by atoms with Gasteiger partial charge in [0.05, 0.1) is 19.0 Å². The van der Waals surface area contributed by atoms with Crippen LogP contribution in [-0.4, -0.2) is 13.3 Å². The van der Waals surface area contributed by atoms with E-state index in [1.807, 2.05) is 48.7 Å². The quantitative estimate of drug-likeness (QED) is 0.569. The monoisotopic (exact) mass is 276 g/mol. The number of benzene rings is 3. The summed E-state index contributed by atoms with van der Waals surface area (Å²) in [5.41, 5.74) is 5.00. The number of hydrazone groups is 1. The lowest BCUT2D eigenvalue weighted by atomic mass is 10.1. The Morgan fingerprint density at radius 2 is 1.76 bits per heavy atom. The number of anilines is 1. The molecule has 0 unspecified atom stereocenters. The Balaban J connectivity index is 1.81. The zero-order valence-corrected chi connectivity index (χ0v) is 11.8. The number of rotatable bonds is 4. The second-order valence-corrected chi connectivity index (χ2v) is 4.67. The van der Waals surface area contributed by atoms with Crippen molar-refractivity contribution in [1.29, 1.82) is 0 Å². The fourth-order valence-electron chi connectivity index (χ4n) is 2.23. The van der Waals surface area contributed by atoms with E-state index < -0.39 is 0 Å². The molecule has 3 aromatic rings. The van der Waals surface area contributed by atoms with E-state index in [1.54, 1.807) is 7.11 Å². The van der Waals surface area contributed by atoms with E-state index in [9.17, 15) is 0 Å². The van der Waals surface area contributed by atoms with Gasteiger partial charge in [0.15, 0.2) is 0 Å². The van der Waals surface area contributed by atoms with Gasteiger partial charge < -0.3 is 4.74 Å². The van der Waals surface area contributed by atoms with E-state index in [-0.39, 0.29) is 0 Å². The molecule has 3 nitrogen and oxygen atoms in total. The van der Waals surface area contributed by atoms with Crippen LogP contribution in [0.5, 0.6) is 5.75 Å². The second-order valence-electron chi connectivity index (χ2n) is 4.67. The van der Waals surface area contributed by atoms with Gasteiger partial charge in [-0.25, -0.2) is 0 Å². The number of nitrogens with zero attached hydrogens (tertiary/aromatic N) is 1. The van der Waals surface area contributed by atoms with Crippen LogP contribution in [0.3, 0.4) is 0 Å². The lowest BCUT2D eigenvalue weighted by molar-refractivity contribution is 0.415. The van der Waals surface area contributed by atoms with E-state index in [2.05, 4.69) is 34.8 Å². The highest BCUT2D eigenvalue weighted by atomic mass is 16.5. The molecule has 0 aromatic heterocycles. The summed E-state index contributed by atoms with van der Waals surface area (Å²) in [5.74, 6) is 0.806. The van der Waals surface area contributed by atoms with Crippen LogP contribution in [0.15, 0.2) is 71.8 Å². The largest absolute Gasteiger partial charge is 0.497 e. The molecule has 0 bridgehead atoms. The van der Waals surface area contributed by atoms with Crippen molar-refractivity contribution < 1.29 is 4.74 Å². The highest BCUT2D eigenvalue weighted by Crippen LogP contribution is 2.18. The topological polar surface area (TPSA) is 33.6 Å². The number of hydrogen-bond donors (Lipinski definition) is 1. The van der Waals surface area contributed by atoms with Crippen molar-refractivity contribution in [3.63, 3.8) is 0 Å². The van der Waals surface area contributed by atoms with E-state index >= 15 is 0 Å². The minimum Gasteiger partial charge on any atom is -0.497 e. The minimum atomic E-state index is 0.806. The molecule has 3 heteroatoms. The summed E-state index contributed by atoms with van der Waals surface area (Å²) in [6, 6.07) is 22.1. The molecule has 0 aliphatic rings. The van der Waals surface area contributed by atoms with Gasteiger partial charge in [0.2, 0.25) is 0 Å². The SMILES string of the molecule is COc1cccc(N/N=C/c2cccc3ccccc23)c1. The van der Waals surface area contributed by atoms with Gasteiger partial charge in [-0.3, -0.25) is 5.43 Å². The maximum Gasteiger partial charge on any atom is 0.120 e. The molecule has 0 heterocycles. The molecule has 0 fully saturated rings. The average Bonchev–Trinajstić information content (AvgIpc) is 2.55. The Labute approximate surface area is 123 Å². The minimum absolute atomic E-state index is 0.806. The summed E-state index contributed by atoms with van der Waals surface area (Å²) in [6.45, 7) is 0. The number of nitrogens with one attached hydrogen (secondary N) is 1. The molecule has 3 rings (SSSR count). The molecule has 0 atom stereocenters. The van der Waals surface area contributed by atoms with Gasteiger partial charge >= 0.3 is 0 Å². The van der Waals surface area contributed by atoms with Crippen molar-refractivity contribution in [3.05, 3.63) is 72.3 Å². The number of ether oxygens (including phenoxy) is 1. The van der Waals surface area contributed by atoms with Crippen molar-refractivity contribution >= 4 is 22.7 Å². The Hall–Kier alpha value is -2.81. The van der Waals surface area contributed by atoms with Crippen molar-refractivity contribution in [2.75, 3.05) is 12.5 Å². The van der Waals surface area contributed by atoms with Crippen LogP contribution < -0.4 is 10.2 Å². The highest BCUT2D eigenvalue weighted by Gasteiger charge is 1.97. The molecule has 0 amide bonds. The molecule has 104 valence electrons. The predicted molar refractivity (Wildman–Crippen MR) is 88.2 cm³/mol. The smallest absolute Gasteiger partial charge is 0.120 e. The summed E-state index contributed by atoms with van der Waals surface area (Å²) in [6.07, 6.45) is 1.84. The molecule has 0 saturated carbocycles. The first-order chi connectivity index (χ1) is 10.4. The summed E-state index contributed by atoms with van der Waals surface area (Å²) >= 11 is 0. The van der Waals surface area contributed by atoms with Crippen molar-refractivity contribution in [1.82, 2.24) is 0 Å². The molecule has 0 aliphatic heterocycles. The van der Waals surface area contributed by atoms with Gasteiger partial charge in [0.1, 0.15) is 5.75 Å². The van der Waals surface area contributed by atoms with Gasteiger partial charge in [-0.05, 0) is 22.9 Å². The zero-order chi connectivity index (χ0) is 14.5. The zero-order valence-electron chi connectivity index (χ0n) is 11.8. The summed E-state index contributed by atoms with van der Waals surface area (Å²) < 4.78 is 5.19. The third-order valence-corrected chi connectivity index (χ3v) is 3.29. The Bertz CT molecular complexity index is 776. The van der Waals surface area contributed by atoms with Crippen LogP contribution >= 0.6 is 0 Å². The van der Waals surface area contributed by atoms with Crippen LogP contribution in [0, 0.1) is 0 Å². The number of methoxy groups -OCH3 is 1. The third-order valence-electron chi connectivity index (χ3n) is 3.29. The first-order valence-electron chi connectivity index (χ1n) is 6.78. The standard InChI is InChI=1S/C18H16N2O/c1-21-17-10-5-9-16(12-17)20-19-13-15-8-4-7-14-6-2-3-11-18(14)15/h2-13,20H,1H3/b19-13+. The average molecular weight is 276 g/mol. The Morgan fingerprint density at radius 1 is 0.952 bits per heavy atom. The van der Waals surface area contributed by atoms with E-state index in [4.69, 9.17) is 4.74 Å². The maximum atomic E-state index is 5.19. The molecular weight excluding hydrogens is 260 g/mol. The first-order valence-corrected chi connectivity index (χ1v) is 6.78. The van der Waals surface area contributed by atoms with Crippen molar-refractivity contribution in [3.8, 4) is 5.75 Å². The normalized spacial score (nSPS) is 10.9. The third kappa shape index (κ3) is 3.03. The van der Waals surface area contributed by atoms with Crippen molar-refractivity contribution in [2.24, 2.45) is 5.10 Å². The van der Waals surface area contributed by atoms with Gasteiger partial charge in [0, 0.05) is 11.6 Å². The lowest BCUT2D eigenvalue weighted by Gasteiger charge is -2.04. The summed E-state index contributed by atoms with van der Waals surface area (Å²) in [4.78, 5) is 0. The molecule has 0 spiro atoms. The molecule has 3 aromatic carbocycles. The first kappa shape index (κ1) is 13.2. The van der Waals surface area contributed by atoms with Gasteiger partial charge in [-0.1, -0.05) is 48.5 Å². The van der Waals surface area contributed by atoms with Gasteiger partial charge in [0.25, 0.3) is 0 Å². The molecule has 0 aliphatic carbocycles. The van der Waals surface area contributed by atoms with Gasteiger partial charge in [-0.15, -0.1) is 0 Å². The summed E-state index contributed by atoms with van der Waals surface area (Å²) in [5, 5.41) is 6.71. The predicted octanol–water partition coefficient (Wildman–Crippen LogP) is 4.29. The fraction of sp³-hybridized carbons (Fsp3) is 0.0556. The molecule has 0 saturated heterocycles.